The molecule has 3 atom stereocenters. The van der Waals surface area contributed by atoms with Gasteiger partial charge in [-0.25, -0.2) is 0 Å². The highest BCUT2D eigenvalue weighted by atomic mass is 14.4. The van der Waals surface area contributed by atoms with Gasteiger partial charge < -0.3 is 0 Å². The number of allylic oxidation sites excluding steroid dienone is 4. The molecule has 84 valence electrons. The maximum atomic E-state index is 2.58. The molecule has 0 saturated carbocycles. The molecule has 0 fully saturated rings. The zero-order valence-corrected chi connectivity index (χ0v) is 10.6. The van der Waals surface area contributed by atoms with Crippen LogP contribution in [0.2, 0.25) is 0 Å². The third-order valence-electron chi connectivity index (χ3n) is 4.44. The molecule has 0 aromatic carbocycles. The lowest BCUT2D eigenvalue weighted by molar-refractivity contribution is 0.210. The van der Waals surface area contributed by atoms with Crippen LogP contribution in [0.15, 0.2) is 23.3 Å². The highest BCUT2D eigenvalue weighted by Crippen LogP contribution is 2.45. The molecule has 0 aliphatic heterocycles. The molecule has 2 aliphatic rings. The minimum atomic E-state index is 0.823. The van der Waals surface area contributed by atoms with Crippen LogP contribution in [0.25, 0.3) is 0 Å². The summed E-state index contributed by atoms with van der Waals surface area (Å²) in [6.45, 7) is 9.41. The van der Waals surface area contributed by atoms with Crippen molar-refractivity contribution in [2.45, 2.75) is 47.0 Å². The average molecular weight is 204 g/mol. The van der Waals surface area contributed by atoms with E-state index < -0.39 is 0 Å². The van der Waals surface area contributed by atoms with E-state index in [2.05, 4.69) is 39.8 Å². The summed E-state index contributed by atoms with van der Waals surface area (Å²) in [7, 11) is 0. The maximum absolute atomic E-state index is 2.58. The van der Waals surface area contributed by atoms with Crippen LogP contribution < -0.4 is 0 Å². The first kappa shape index (κ1) is 11.0. The standard InChI is InChI=1S/C15H24/c1-10(2)13-8-6-12(4)14-7-5-11(3)9-15(13)14/h6,9-10,13-15H,5,7-8H2,1-4H3. The van der Waals surface area contributed by atoms with Crippen molar-refractivity contribution in [2.75, 3.05) is 0 Å². The van der Waals surface area contributed by atoms with Crippen LogP contribution in [0.5, 0.6) is 0 Å². The van der Waals surface area contributed by atoms with E-state index in [0.717, 1.165) is 23.7 Å². The van der Waals surface area contributed by atoms with Crippen molar-refractivity contribution in [3.05, 3.63) is 23.3 Å². The molecule has 0 spiro atoms. The fraction of sp³-hybridized carbons (Fsp3) is 0.733. The Bertz CT molecular complexity index is 293. The van der Waals surface area contributed by atoms with Gasteiger partial charge in [-0.15, -0.1) is 0 Å². The van der Waals surface area contributed by atoms with Gasteiger partial charge in [-0.05, 0) is 56.8 Å². The van der Waals surface area contributed by atoms with E-state index in [1.54, 1.807) is 11.1 Å². The topological polar surface area (TPSA) is 0 Å². The zero-order valence-electron chi connectivity index (χ0n) is 10.6. The lowest BCUT2D eigenvalue weighted by atomic mass is 9.64. The Morgan fingerprint density at radius 1 is 1.27 bits per heavy atom. The molecule has 0 amide bonds. The van der Waals surface area contributed by atoms with Gasteiger partial charge in [0.2, 0.25) is 0 Å². The Morgan fingerprint density at radius 2 is 2.00 bits per heavy atom. The van der Waals surface area contributed by atoms with Crippen molar-refractivity contribution in [3.8, 4) is 0 Å². The van der Waals surface area contributed by atoms with Crippen LogP contribution in [0.3, 0.4) is 0 Å². The minimum Gasteiger partial charge on any atom is -0.0850 e. The van der Waals surface area contributed by atoms with Crippen molar-refractivity contribution in [1.29, 1.82) is 0 Å². The quantitative estimate of drug-likeness (QED) is 0.548. The van der Waals surface area contributed by atoms with Gasteiger partial charge in [0.05, 0.1) is 0 Å². The van der Waals surface area contributed by atoms with Gasteiger partial charge in [0.25, 0.3) is 0 Å². The second kappa shape index (κ2) is 4.15. The van der Waals surface area contributed by atoms with E-state index in [1.807, 2.05) is 0 Å². The van der Waals surface area contributed by atoms with Gasteiger partial charge in [-0.1, -0.05) is 37.1 Å². The van der Waals surface area contributed by atoms with Gasteiger partial charge in [0, 0.05) is 0 Å². The summed E-state index contributed by atoms with van der Waals surface area (Å²) in [6.07, 6.45) is 9.08. The molecule has 0 N–H and O–H groups in total. The molecule has 0 nitrogen and oxygen atoms in total. The van der Waals surface area contributed by atoms with Gasteiger partial charge in [-0.2, -0.15) is 0 Å². The Labute approximate surface area is 94.5 Å². The monoisotopic (exact) mass is 204 g/mol. The smallest absolute Gasteiger partial charge is 0.0132 e. The highest BCUT2D eigenvalue weighted by Gasteiger charge is 2.34. The average Bonchev–Trinajstić information content (AvgIpc) is 2.17. The van der Waals surface area contributed by atoms with E-state index >= 15 is 0 Å². The third-order valence-corrected chi connectivity index (χ3v) is 4.44. The molecule has 0 bridgehead atoms. The second-order valence-electron chi connectivity index (χ2n) is 5.83. The molecular weight excluding hydrogens is 180 g/mol. The van der Waals surface area contributed by atoms with Crippen LogP contribution in [0.1, 0.15) is 47.0 Å². The number of hydrogen-bond donors (Lipinski definition) is 0. The Hall–Kier alpha value is -0.520. The highest BCUT2D eigenvalue weighted by molar-refractivity contribution is 5.20. The van der Waals surface area contributed by atoms with Gasteiger partial charge in [-0.3, -0.25) is 0 Å². The summed E-state index contributed by atoms with van der Waals surface area (Å²) < 4.78 is 0. The molecule has 0 heteroatoms. The lowest BCUT2D eigenvalue weighted by Gasteiger charge is -2.41. The van der Waals surface area contributed by atoms with Crippen LogP contribution in [-0.2, 0) is 0 Å². The molecule has 0 saturated heterocycles. The SMILES string of the molecule is CC1=CC2C(CC1)C(C)=CCC2C(C)C. The minimum absolute atomic E-state index is 0.823. The molecule has 2 aliphatic carbocycles. The van der Waals surface area contributed by atoms with Gasteiger partial charge >= 0.3 is 0 Å². The molecule has 0 aromatic heterocycles. The molecule has 2 rings (SSSR count). The van der Waals surface area contributed by atoms with Crippen LogP contribution in [0, 0.1) is 23.7 Å². The first-order valence-electron chi connectivity index (χ1n) is 6.43. The first-order chi connectivity index (χ1) is 7.09. The molecule has 15 heavy (non-hydrogen) atoms. The number of fused-ring (bicyclic) bond motifs is 1. The zero-order chi connectivity index (χ0) is 11.0. The Morgan fingerprint density at radius 3 is 2.67 bits per heavy atom. The summed E-state index contributed by atoms with van der Waals surface area (Å²) in [5.41, 5.74) is 3.28. The van der Waals surface area contributed by atoms with Crippen molar-refractivity contribution < 1.29 is 0 Å². The predicted octanol–water partition coefficient (Wildman–Crippen LogP) is 4.58. The summed E-state index contributed by atoms with van der Waals surface area (Å²) in [4.78, 5) is 0. The summed E-state index contributed by atoms with van der Waals surface area (Å²) in [5.74, 6) is 3.40. The van der Waals surface area contributed by atoms with Crippen LogP contribution >= 0.6 is 0 Å². The fourth-order valence-corrected chi connectivity index (χ4v) is 3.40. The van der Waals surface area contributed by atoms with Crippen LogP contribution in [-0.4, -0.2) is 0 Å². The molecule has 0 aromatic rings. The molecule has 0 radical (unpaired) electrons. The van der Waals surface area contributed by atoms with Crippen molar-refractivity contribution in [1.82, 2.24) is 0 Å². The van der Waals surface area contributed by atoms with E-state index in [4.69, 9.17) is 0 Å². The van der Waals surface area contributed by atoms with E-state index in [9.17, 15) is 0 Å². The van der Waals surface area contributed by atoms with Crippen molar-refractivity contribution in [2.24, 2.45) is 23.7 Å². The van der Waals surface area contributed by atoms with Gasteiger partial charge in [0.15, 0.2) is 0 Å². The predicted molar refractivity (Wildman–Crippen MR) is 66.7 cm³/mol. The first-order valence-corrected chi connectivity index (χ1v) is 6.43. The summed E-state index contributed by atoms with van der Waals surface area (Å²) in [6, 6.07) is 0. The summed E-state index contributed by atoms with van der Waals surface area (Å²) in [5, 5.41) is 0. The number of hydrogen-bond acceptors (Lipinski definition) is 0. The largest absolute Gasteiger partial charge is 0.0850 e. The van der Waals surface area contributed by atoms with E-state index in [1.165, 1.54) is 19.3 Å². The van der Waals surface area contributed by atoms with E-state index in [0.29, 0.717) is 0 Å². The second-order valence-corrected chi connectivity index (χ2v) is 5.83. The number of rotatable bonds is 1. The maximum Gasteiger partial charge on any atom is -0.0132 e. The lowest BCUT2D eigenvalue weighted by Crippen LogP contribution is -2.31. The normalized spacial score (nSPS) is 35.9. The van der Waals surface area contributed by atoms with E-state index in [-0.39, 0.29) is 0 Å². The molecular formula is C15H24. The summed E-state index contributed by atoms with van der Waals surface area (Å²) >= 11 is 0. The van der Waals surface area contributed by atoms with Crippen LogP contribution in [0.4, 0.5) is 0 Å². The van der Waals surface area contributed by atoms with Gasteiger partial charge in [0.1, 0.15) is 0 Å². The molecule has 0 heterocycles. The Kier molecular flexibility index (Phi) is 3.04. The fourth-order valence-electron chi connectivity index (χ4n) is 3.40. The Balaban J connectivity index is 2.28. The third kappa shape index (κ3) is 2.04. The van der Waals surface area contributed by atoms with Crippen molar-refractivity contribution in [3.63, 3.8) is 0 Å². The van der Waals surface area contributed by atoms with Crippen molar-refractivity contribution >= 4 is 0 Å². The molecule has 3 unspecified atom stereocenters.